The average molecular weight is 518 g/mol. The smallest absolute Gasteiger partial charge is 0.234 e. The van der Waals surface area contributed by atoms with Crippen LogP contribution in [0.4, 0.5) is 0 Å². The summed E-state index contributed by atoms with van der Waals surface area (Å²) in [5.41, 5.74) is 0. The maximum atomic E-state index is 2.54. The molecule has 1 heterocycles. The highest BCUT2D eigenvalue weighted by atomic mass is 15.1. The van der Waals surface area contributed by atoms with Crippen LogP contribution >= 0.6 is 0 Å². The third-order valence-electron chi connectivity index (χ3n) is 8.41. The van der Waals surface area contributed by atoms with Gasteiger partial charge in [0.15, 0.2) is 0 Å². The van der Waals surface area contributed by atoms with Crippen LogP contribution in [0.3, 0.4) is 0 Å². The molecule has 0 aliphatic carbocycles. The molecule has 0 aliphatic rings. The van der Waals surface area contributed by atoms with Crippen molar-refractivity contribution in [3.63, 3.8) is 0 Å². The fourth-order valence-corrected chi connectivity index (χ4v) is 5.91. The Bertz CT molecular complexity index is 576. The molecule has 0 saturated carbocycles. The van der Waals surface area contributed by atoms with Crippen LogP contribution in [0.15, 0.2) is 12.4 Å². The summed E-state index contributed by atoms with van der Waals surface area (Å²) < 4.78 is 5.08. The maximum Gasteiger partial charge on any atom is 0.256 e. The maximum absolute atomic E-state index is 2.54. The lowest BCUT2D eigenvalue weighted by atomic mass is 10.0. The van der Waals surface area contributed by atoms with Gasteiger partial charge in [-0.1, -0.05) is 162 Å². The van der Waals surface area contributed by atoms with Gasteiger partial charge in [-0.15, -0.1) is 0 Å². The minimum atomic E-state index is 1.16. The third kappa shape index (κ3) is 19.9. The Morgan fingerprint density at radius 3 is 1.19 bits per heavy atom. The second-order valence-electron chi connectivity index (χ2n) is 11.9. The lowest BCUT2D eigenvalue weighted by Crippen LogP contribution is -2.37. The lowest BCUT2D eigenvalue weighted by molar-refractivity contribution is -0.704. The van der Waals surface area contributed by atoms with Gasteiger partial charge in [-0.05, 0) is 25.7 Å². The predicted octanol–water partition coefficient (Wildman–Crippen LogP) is 11.5. The molecule has 2 nitrogen and oxygen atoms in total. The number of rotatable bonds is 29. The Hall–Kier alpha value is -0.790. The summed E-state index contributed by atoms with van der Waals surface area (Å²) in [6.45, 7) is 9.36. The van der Waals surface area contributed by atoms with Gasteiger partial charge in [0, 0.05) is 6.42 Å². The lowest BCUT2D eigenvalue weighted by Gasteiger charge is -2.05. The molecule has 1 rings (SSSR count). The second-order valence-corrected chi connectivity index (χ2v) is 11.9. The van der Waals surface area contributed by atoms with E-state index in [2.05, 4.69) is 42.3 Å². The second kappa shape index (κ2) is 26.8. The SMILES string of the molecule is CCCCCCCCCCCCCCCCCCCn1cc[n+](CCCCCCCCCCC)c1CC. The topological polar surface area (TPSA) is 8.81 Å². The largest absolute Gasteiger partial charge is 0.256 e. The standard InChI is InChI=1S/C35H69N2/c1-4-7-9-11-13-15-16-17-18-19-20-21-22-24-26-28-30-32-37-34-33-36(35(37)6-3)31-29-27-25-23-14-12-10-8-5-2/h33-34H,4-32H2,1-3H3/q+1. The van der Waals surface area contributed by atoms with Gasteiger partial charge in [0.05, 0.1) is 13.1 Å². The monoisotopic (exact) mass is 518 g/mol. The van der Waals surface area contributed by atoms with Gasteiger partial charge in [-0.2, -0.15) is 0 Å². The van der Waals surface area contributed by atoms with E-state index in [1.54, 1.807) is 0 Å². The van der Waals surface area contributed by atoms with Gasteiger partial charge >= 0.3 is 0 Å². The van der Waals surface area contributed by atoms with Gasteiger partial charge in [-0.25, -0.2) is 9.13 Å². The molecular weight excluding hydrogens is 448 g/mol. The van der Waals surface area contributed by atoms with Crippen LogP contribution in [0, 0.1) is 0 Å². The molecule has 1 aromatic rings. The van der Waals surface area contributed by atoms with Crippen LogP contribution in [0.2, 0.25) is 0 Å². The van der Waals surface area contributed by atoms with E-state index < -0.39 is 0 Å². The Kier molecular flexibility index (Phi) is 24.8. The van der Waals surface area contributed by atoms with E-state index in [-0.39, 0.29) is 0 Å². The molecule has 0 saturated heterocycles. The number of hydrogen-bond donors (Lipinski definition) is 0. The van der Waals surface area contributed by atoms with Crippen LogP contribution in [0.5, 0.6) is 0 Å². The molecule has 0 fully saturated rings. The molecule has 0 N–H and O–H groups in total. The van der Waals surface area contributed by atoms with Crippen molar-refractivity contribution in [1.82, 2.24) is 4.57 Å². The number of hydrogen-bond acceptors (Lipinski definition) is 0. The molecule has 2 heteroatoms. The highest BCUT2D eigenvalue weighted by molar-refractivity contribution is 4.83. The Balaban J connectivity index is 1.94. The first kappa shape index (κ1) is 34.2. The number of nitrogens with zero attached hydrogens (tertiary/aromatic N) is 2. The number of aromatic nitrogens is 2. The van der Waals surface area contributed by atoms with Crippen LogP contribution < -0.4 is 4.57 Å². The van der Waals surface area contributed by atoms with Gasteiger partial charge in [-0.3, -0.25) is 0 Å². The molecule has 0 atom stereocenters. The molecule has 0 amide bonds. The van der Waals surface area contributed by atoms with Crippen LogP contribution in [0.25, 0.3) is 0 Å². The quantitative estimate of drug-likeness (QED) is 0.0737. The van der Waals surface area contributed by atoms with Crippen molar-refractivity contribution >= 4 is 0 Å². The van der Waals surface area contributed by atoms with E-state index in [0.717, 1.165) is 6.42 Å². The van der Waals surface area contributed by atoms with Crippen LogP contribution in [-0.4, -0.2) is 4.57 Å². The summed E-state index contributed by atoms with van der Waals surface area (Å²) in [5.74, 6) is 1.54. The molecular formula is C35H69N2+. The Morgan fingerprint density at radius 1 is 0.459 bits per heavy atom. The fraction of sp³-hybridized carbons (Fsp3) is 0.914. The van der Waals surface area contributed by atoms with Crippen molar-refractivity contribution in [3.05, 3.63) is 18.2 Å². The third-order valence-corrected chi connectivity index (χ3v) is 8.41. The van der Waals surface area contributed by atoms with E-state index >= 15 is 0 Å². The van der Waals surface area contributed by atoms with Crippen LogP contribution in [0.1, 0.15) is 194 Å². The van der Waals surface area contributed by atoms with Crippen molar-refractivity contribution in [3.8, 4) is 0 Å². The minimum Gasteiger partial charge on any atom is -0.234 e. The van der Waals surface area contributed by atoms with Crippen molar-refractivity contribution in [2.24, 2.45) is 0 Å². The Labute approximate surface area is 234 Å². The summed E-state index contributed by atoms with van der Waals surface area (Å²) >= 11 is 0. The van der Waals surface area contributed by atoms with E-state index in [1.807, 2.05) is 0 Å². The summed E-state index contributed by atoms with van der Waals surface area (Å²) in [6.07, 6.45) is 43.2. The highest BCUT2D eigenvalue weighted by Gasteiger charge is 2.14. The van der Waals surface area contributed by atoms with Crippen molar-refractivity contribution in [2.75, 3.05) is 0 Å². The Morgan fingerprint density at radius 2 is 0.811 bits per heavy atom. The average Bonchev–Trinajstić information content (AvgIpc) is 3.31. The van der Waals surface area contributed by atoms with E-state index in [1.165, 1.54) is 186 Å². The number of unbranched alkanes of at least 4 members (excludes halogenated alkanes) is 24. The molecule has 0 bridgehead atoms. The fourth-order valence-electron chi connectivity index (χ4n) is 5.91. The van der Waals surface area contributed by atoms with Gasteiger partial charge < -0.3 is 0 Å². The first-order valence-corrected chi connectivity index (χ1v) is 17.4. The molecule has 0 aromatic carbocycles. The number of imidazole rings is 1. The summed E-state index contributed by atoms with van der Waals surface area (Å²) in [5, 5.41) is 0. The first-order valence-electron chi connectivity index (χ1n) is 17.4. The van der Waals surface area contributed by atoms with E-state index in [4.69, 9.17) is 0 Å². The van der Waals surface area contributed by atoms with Crippen LogP contribution in [-0.2, 0) is 19.5 Å². The molecule has 218 valence electrons. The van der Waals surface area contributed by atoms with Gasteiger partial charge in [0.1, 0.15) is 12.4 Å². The van der Waals surface area contributed by atoms with Gasteiger partial charge in [0.25, 0.3) is 5.82 Å². The first-order chi connectivity index (χ1) is 18.3. The number of aryl methyl sites for hydroxylation is 2. The molecule has 0 spiro atoms. The zero-order valence-electron chi connectivity index (χ0n) is 26.1. The minimum absolute atomic E-state index is 1.16. The summed E-state index contributed by atoms with van der Waals surface area (Å²) in [6, 6.07) is 0. The zero-order valence-corrected chi connectivity index (χ0v) is 26.1. The predicted molar refractivity (Wildman–Crippen MR) is 165 cm³/mol. The molecule has 37 heavy (non-hydrogen) atoms. The van der Waals surface area contributed by atoms with Gasteiger partial charge in [0.2, 0.25) is 0 Å². The molecule has 0 radical (unpaired) electrons. The normalized spacial score (nSPS) is 11.5. The van der Waals surface area contributed by atoms with E-state index in [0.29, 0.717) is 0 Å². The summed E-state index contributed by atoms with van der Waals surface area (Å²) in [7, 11) is 0. The molecule has 0 aliphatic heterocycles. The molecule has 1 aromatic heterocycles. The van der Waals surface area contributed by atoms with Crippen molar-refractivity contribution < 1.29 is 4.57 Å². The van der Waals surface area contributed by atoms with E-state index in [9.17, 15) is 0 Å². The van der Waals surface area contributed by atoms with Crippen molar-refractivity contribution in [1.29, 1.82) is 0 Å². The highest BCUT2D eigenvalue weighted by Crippen LogP contribution is 2.15. The van der Waals surface area contributed by atoms with Crippen molar-refractivity contribution in [2.45, 2.75) is 207 Å². The molecule has 0 unspecified atom stereocenters. The zero-order chi connectivity index (χ0) is 26.7. The summed E-state index contributed by atoms with van der Waals surface area (Å²) in [4.78, 5) is 0.